The van der Waals surface area contributed by atoms with E-state index in [0.717, 1.165) is 0 Å². The van der Waals surface area contributed by atoms with Gasteiger partial charge < -0.3 is 0 Å². The van der Waals surface area contributed by atoms with Crippen LogP contribution < -0.4 is 0 Å². The Kier molecular flexibility index (Phi) is 2.17. The SMILES string of the molecule is C[As]=C1C=C[CH+]C=C1. The van der Waals surface area contributed by atoms with Crippen LogP contribution in [0.3, 0.4) is 0 Å². The first-order chi connectivity index (χ1) is 3.93. The van der Waals surface area contributed by atoms with Gasteiger partial charge in [0.2, 0.25) is 0 Å². The fraction of sp³-hybridized carbons (Fsp3) is 0.143. The third kappa shape index (κ3) is 1.38. The molecular formula is C7H8As+. The van der Waals surface area contributed by atoms with Crippen LogP contribution in [-0.4, -0.2) is 19.6 Å². The molecule has 0 aliphatic heterocycles. The predicted octanol–water partition coefficient (Wildman–Crippen LogP) is 1.24. The number of hydrogen-bond donors (Lipinski definition) is 0. The van der Waals surface area contributed by atoms with Gasteiger partial charge in [0.1, 0.15) is 0 Å². The molecule has 1 aliphatic carbocycles. The first-order valence-electron chi connectivity index (χ1n) is 2.58. The van der Waals surface area contributed by atoms with Gasteiger partial charge in [-0.2, -0.15) is 0 Å². The van der Waals surface area contributed by atoms with Crippen LogP contribution in [0, 0.1) is 6.42 Å². The molecule has 0 aromatic carbocycles. The molecule has 1 rings (SSSR count). The first kappa shape index (κ1) is 5.91. The van der Waals surface area contributed by atoms with Crippen molar-refractivity contribution in [2.45, 2.75) is 5.71 Å². The van der Waals surface area contributed by atoms with Gasteiger partial charge in [-0.25, -0.2) is 0 Å². The van der Waals surface area contributed by atoms with Crippen LogP contribution in [0.15, 0.2) is 24.3 Å². The van der Waals surface area contributed by atoms with Gasteiger partial charge >= 0.3 is 56.1 Å². The maximum absolute atomic E-state index is 2.26. The van der Waals surface area contributed by atoms with Crippen molar-refractivity contribution in [3.05, 3.63) is 30.7 Å². The van der Waals surface area contributed by atoms with E-state index >= 15 is 0 Å². The fourth-order valence-electron chi connectivity index (χ4n) is 0.577. The second kappa shape index (κ2) is 2.94. The standard InChI is InChI=1S/C7H8As/c1-8-7-5-3-2-4-6-7/h2-6H,1H3/q+1. The molecule has 0 unspecified atom stereocenters. The normalized spacial score (nSPS) is 16.9. The molecule has 8 heavy (non-hydrogen) atoms. The van der Waals surface area contributed by atoms with Crippen LogP contribution in [0.2, 0.25) is 5.71 Å². The van der Waals surface area contributed by atoms with Crippen molar-refractivity contribution in [2.24, 2.45) is 0 Å². The minimum atomic E-state index is 0.432. The summed E-state index contributed by atoms with van der Waals surface area (Å²) < 4.78 is 1.50. The monoisotopic (exact) mass is 167 g/mol. The molecule has 0 radical (unpaired) electrons. The summed E-state index contributed by atoms with van der Waals surface area (Å²) in [6, 6.07) is 0. The molecule has 0 fully saturated rings. The Hall–Kier alpha value is -0.222. The molecule has 0 amide bonds. The van der Waals surface area contributed by atoms with E-state index in [-0.39, 0.29) is 0 Å². The third-order valence-corrected chi connectivity index (χ3v) is 2.72. The number of allylic oxidation sites excluding steroid dienone is 4. The Labute approximate surface area is 56.5 Å². The van der Waals surface area contributed by atoms with Crippen molar-refractivity contribution in [1.29, 1.82) is 0 Å². The minimum absolute atomic E-state index is 0.432. The quantitative estimate of drug-likeness (QED) is 0.376. The molecular weight excluding hydrogens is 159 g/mol. The van der Waals surface area contributed by atoms with Gasteiger partial charge in [-0.1, -0.05) is 0 Å². The van der Waals surface area contributed by atoms with E-state index < -0.39 is 0 Å². The van der Waals surface area contributed by atoms with Gasteiger partial charge in [0, 0.05) is 0 Å². The van der Waals surface area contributed by atoms with E-state index in [1.165, 1.54) is 4.30 Å². The van der Waals surface area contributed by atoms with Crippen LogP contribution in [0.5, 0.6) is 0 Å². The van der Waals surface area contributed by atoms with Crippen molar-refractivity contribution < 1.29 is 0 Å². The maximum atomic E-state index is 2.26. The summed E-state index contributed by atoms with van der Waals surface area (Å²) in [4.78, 5) is 0. The molecule has 0 bridgehead atoms. The van der Waals surface area contributed by atoms with Crippen molar-refractivity contribution in [3.8, 4) is 0 Å². The summed E-state index contributed by atoms with van der Waals surface area (Å²) >= 11 is 0.432. The fourth-order valence-corrected chi connectivity index (χ4v) is 1.56. The predicted molar refractivity (Wildman–Crippen MR) is 39.2 cm³/mol. The van der Waals surface area contributed by atoms with Crippen molar-refractivity contribution in [2.75, 3.05) is 0 Å². The summed E-state index contributed by atoms with van der Waals surface area (Å²) in [6.45, 7) is 0. The van der Waals surface area contributed by atoms with E-state index in [9.17, 15) is 0 Å². The summed E-state index contributed by atoms with van der Waals surface area (Å²) in [6.07, 6.45) is 10.6. The van der Waals surface area contributed by atoms with Gasteiger partial charge in [0.05, 0.1) is 0 Å². The summed E-state index contributed by atoms with van der Waals surface area (Å²) in [7, 11) is 0. The van der Waals surface area contributed by atoms with E-state index in [0.29, 0.717) is 15.3 Å². The molecule has 0 aromatic heterocycles. The average Bonchev–Trinajstić information content (AvgIpc) is 1.90. The Balaban J connectivity index is 2.69. The Morgan fingerprint density at radius 2 is 2.00 bits per heavy atom. The van der Waals surface area contributed by atoms with Crippen molar-refractivity contribution in [3.63, 3.8) is 0 Å². The first-order valence-corrected chi connectivity index (χ1v) is 5.40. The van der Waals surface area contributed by atoms with Gasteiger partial charge in [-0.15, -0.1) is 0 Å². The van der Waals surface area contributed by atoms with E-state index in [2.05, 4.69) is 36.4 Å². The van der Waals surface area contributed by atoms with Gasteiger partial charge in [0.15, 0.2) is 0 Å². The third-order valence-electron chi connectivity index (χ3n) is 1.01. The molecule has 0 saturated carbocycles. The Morgan fingerprint density at radius 1 is 1.38 bits per heavy atom. The van der Waals surface area contributed by atoms with Crippen LogP contribution in [-0.2, 0) is 0 Å². The molecule has 0 nitrogen and oxygen atoms in total. The zero-order valence-corrected chi connectivity index (χ0v) is 6.71. The van der Waals surface area contributed by atoms with E-state index in [1.807, 2.05) is 0 Å². The van der Waals surface area contributed by atoms with Crippen molar-refractivity contribution >= 4 is 19.6 Å². The summed E-state index contributed by atoms with van der Waals surface area (Å²) in [5.41, 5.74) is 2.26. The molecule has 1 aliphatic rings. The molecule has 0 heterocycles. The van der Waals surface area contributed by atoms with Crippen LogP contribution in [0.1, 0.15) is 0 Å². The molecule has 40 valence electrons. The van der Waals surface area contributed by atoms with Gasteiger partial charge in [-0.05, 0) is 0 Å². The second-order valence-corrected chi connectivity index (χ2v) is 3.58. The molecule has 0 saturated heterocycles. The van der Waals surface area contributed by atoms with Crippen LogP contribution in [0.25, 0.3) is 0 Å². The van der Waals surface area contributed by atoms with Crippen LogP contribution >= 0.6 is 0 Å². The number of hydrogen-bond acceptors (Lipinski definition) is 0. The zero-order valence-electron chi connectivity index (χ0n) is 4.83. The number of rotatable bonds is 0. The van der Waals surface area contributed by atoms with Gasteiger partial charge in [-0.3, -0.25) is 0 Å². The van der Waals surface area contributed by atoms with Crippen molar-refractivity contribution in [1.82, 2.24) is 0 Å². The van der Waals surface area contributed by atoms with E-state index in [1.54, 1.807) is 0 Å². The molecule has 1 heteroatoms. The summed E-state index contributed by atoms with van der Waals surface area (Å²) in [5, 5.41) is 0. The van der Waals surface area contributed by atoms with E-state index in [4.69, 9.17) is 0 Å². The Morgan fingerprint density at radius 3 is 2.38 bits per heavy atom. The molecule has 0 N–H and O–H groups in total. The second-order valence-electron chi connectivity index (χ2n) is 1.56. The zero-order chi connectivity index (χ0) is 5.82. The van der Waals surface area contributed by atoms with Gasteiger partial charge in [0.25, 0.3) is 0 Å². The molecule has 0 atom stereocenters. The average molecular weight is 167 g/mol. The summed E-state index contributed by atoms with van der Waals surface area (Å²) in [5.74, 6) is 0. The molecule has 0 aromatic rings. The topological polar surface area (TPSA) is 0 Å². The van der Waals surface area contributed by atoms with Crippen LogP contribution in [0.4, 0.5) is 0 Å². The molecule has 0 spiro atoms. The Bertz CT molecular complexity index is 138.